The Bertz CT molecular complexity index is 3420. The van der Waals surface area contributed by atoms with Crippen molar-refractivity contribution in [2.24, 2.45) is 0 Å². The van der Waals surface area contributed by atoms with Crippen LogP contribution in [0.15, 0.2) is 231 Å². The number of rotatable bonds is 6. The fraction of sp³-hybridized carbons (Fsp3) is 0.0169. The van der Waals surface area contributed by atoms with Gasteiger partial charge in [-0.15, -0.1) is 0 Å². The largest absolute Gasteiger partial charge is 0.228 e. The molecule has 1 aliphatic carbocycles. The van der Waals surface area contributed by atoms with Gasteiger partial charge in [0.1, 0.15) is 0 Å². The van der Waals surface area contributed by atoms with E-state index in [0.29, 0.717) is 5.82 Å². The fourth-order valence-electron chi connectivity index (χ4n) is 10.0. The van der Waals surface area contributed by atoms with Gasteiger partial charge >= 0.3 is 0 Å². The van der Waals surface area contributed by atoms with Crippen LogP contribution in [0.5, 0.6) is 0 Å². The summed E-state index contributed by atoms with van der Waals surface area (Å²) in [4.78, 5) is 10.5. The van der Waals surface area contributed by atoms with Crippen LogP contribution in [-0.4, -0.2) is 9.97 Å². The van der Waals surface area contributed by atoms with Gasteiger partial charge in [0.15, 0.2) is 5.82 Å². The van der Waals surface area contributed by atoms with Gasteiger partial charge in [-0.3, -0.25) is 0 Å². The zero-order valence-corrected chi connectivity index (χ0v) is 33.3. The third-order valence-corrected chi connectivity index (χ3v) is 12.8. The molecular formula is C59H38N2. The Morgan fingerprint density at radius 2 is 0.770 bits per heavy atom. The molecule has 0 saturated carbocycles. The molecule has 12 rings (SSSR count). The van der Waals surface area contributed by atoms with E-state index in [1.54, 1.807) is 0 Å². The van der Waals surface area contributed by atoms with Gasteiger partial charge in [-0.05, 0) is 101 Å². The summed E-state index contributed by atoms with van der Waals surface area (Å²) in [5.41, 5.74) is 14.5. The van der Waals surface area contributed by atoms with E-state index in [-0.39, 0.29) is 0 Å². The standard InChI is InChI=1S/C59H38N2/c1-4-18-40(19-5-1)58-60-56(51-30-16-22-39-17-12-13-27-46(39)51)38-57(61-58)52-34-33-47(48-28-14-15-29-49(48)52)43-31-32-50-53-35-41-20-10-11-21-42(41)36-55(53)59(54(50)37-43,44-23-6-2-7-24-44)45-25-8-3-9-26-45/h1-38H. The minimum absolute atomic E-state index is 0.518. The molecule has 0 saturated heterocycles. The van der Waals surface area contributed by atoms with E-state index >= 15 is 0 Å². The van der Waals surface area contributed by atoms with Gasteiger partial charge in [0.2, 0.25) is 0 Å². The van der Waals surface area contributed by atoms with E-state index in [9.17, 15) is 0 Å². The first kappa shape index (κ1) is 35.0. The minimum atomic E-state index is -0.518. The molecule has 1 heterocycles. The third-order valence-electron chi connectivity index (χ3n) is 12.8. The fourth-order valence-corrected chi connectivity index (χ4v) is 10.0. The van der Waals surface area contributed by atoms with Crippen LogP contribution in [0, 0.1) is 0 Å². The molecule has 1 aromatic heterocycles. The Morgan fingerprint density at radius 3 is 1.46 bits per heavy atom. The van der Waals surface area contributed by atoms with E-state index in [0.717, 1.165) is 33.5 Å². The molecule has 61 heavy (non-hydrogen) atoms. The zero-order chi connectivity index (χ0) is 40.3. The second-order valence-electron chi connectivity index (χ2n) is 16.0. The number of hydrogen-bond acceptors (Lipinski definition) is 2. The lowest BCUT2D eigenvalue weighted by Crippen LogP contribution is -2.28. The molecule has 10 aromatic carbocycles. The number of fused-ring (bicyclic) bond motifs is 6. The van der Waals surface area contributed by atoms with Crippen molar-refractivity contribution in [1.82, 2.24) is 9.97 Å². The lowest BCUT2D eigenvalue weighted by Gasteiger charge is -2.34. The highest BCUT2D eigenvalue weighted by Crippen LogP contribution is 2.57. The van der Waals surface area contributed by atoms with Crippen molar-refractivity contribution >= 4 is 32.3 Å². The Balaban J connectivity index is 1.08. The van der Waals surface area contributed by atoms with Crippen LogP contribution in [0.3, 0.4) is 0 Å². The smallest absolute Gasteiger partial charge is 0.160 e. The molecule has 0 aliphatic heterocycles. The number of aromatic nitrogens is 2. The first-order valence-electron chi connectivity index (χ1n) is 21.0. The van der Waals surface area contributed by atoms with Gasteiger partial charge in [0.25, 0.3) is 0 Å². The van der Waals surface area contributed by atoms with Gasteiger partial charge in [-0.2, -0.15) is 0 Å². The summed E-state index contributed by atoms with van der Waals surface area (Å²) in [6.07, 6.45) is 0. The molecule has 11 aromatic rings. The monoisotopic (exact) mass is 774 g/mol. The molecule has 0 bridgehead atoms. The Labute approximate surface area is 355 Å². The first-order chi connectivity index (χ1) is 30.2. The second-order valence-corrected chi connectivity index (χ2v) is 16.0. The summed E-state index contributed by atoms with van der Waals surface area (Å²) in [7, 11) is 0. The lowest BCUT2D eigenvalue weighted by atomic mass is 9.67. The van der Waals surface area contributed by atoms with Crippen LogP contribution < -0.4 is 0 Å². The van der Waals surface area contributed by atoms with Crippen molar-refractivity contribution in [3.8, 4) is 56.2 Å². The van der Waals surface area contributed by atoms with E-state index in [1.165, 1.54) is 71.4 Å². The van der Waals surface area contributed by atoms with Crippen LogP contribution in [0.25, 0.3) is 88.5 Å². The predicted molar refractivity (Wildman–Crippen MR) is 254 cm³/mol. The third kappa shape index (κ3) is 5.57. The second kappa shape index (κ2) is 14.1. The van der Waals surface area contributed by atoms with Crippen molar-refractivity contribution in [1.29, 1.82) is 0 Å². The van der Waals surface area contributed by atoms with Gasteiger partial charge in [-0.1, -0.05) is 206 Å². The van der Waals surface area contributed by atoms with Gasteiger partial charge < -0.3 is 0 Å². The SMILES string of the molecule is c1ccc(-c2nc(-c3cccc4ccccc34)cc(-c3ccc(-c4ccc5c(c4)C(c4ccccc4)(c4ccccc4)c4cc6ccccc6cc4-5)c4ccccc34)n2)cc1. The highest BCUT2D eigenvalue weighted by molar-refractivity contribution is 6.06. The van der Waals surface area contributed by atoms with Crippen molar-refractivity contribution < 1.29 is 0 Å². The average molecular weight is 775 g/mol. The predicted octanol–water partition coefficient (Wildman–Crippen LogP) is 15.0. The average Bonchev–Trinajstić information content (AvgIpc) is 3.62. The molecule has 2 nitrogen and oxygen atoms in total. The molecule has 0 spiro atoms. The van der Waals surface area contributed by atoms with Crippen molar-refractivity contribution in [3.05, 3.63) is 253 Å². The number of benzene rings is 10. The summed E-state index contributed by atoms with van der Waals surface area (Å²) in [5, 5.41) is 7.18. The van der Waals surface area contributed by atoms with Crippen LogP contribution in [0.1, 0.15) is 22.3 Å². The molecule has 0 fully saturated rings. The quantitative estimate of drug-likeness (QED) is 0.168. The number of nitrogens with zero attached hydrogens (tertiary/aromatic N) is 2. The zero-order valence-electron chi connectivity index (χ0n) is 33.3. The van der Waals surface area contributed by atoms with Crippen molar-refractivity contribution in [2.45, 2.75) is 5.41 Å². The maximum atomic E-state index is 5.30. The highest BCUT2D eigenvalue weighted by atomic mass is 14.9. The van der Waals surface area contributed by atoms with Crippen molar-refractivity contribution in [2.75, 3.05) is 0 Å². The molecule has 0 atom stereocenters. The summed E-state index contributed by atoms with van der Waals surface area (Å²) in [6.45, 7) is 0. The summed E-state index contributed by atoms with van der Waals surface area (Å²) in [6, 6.07) is 83.7. The normalized spacial score (nSPS) is 12.7. The lowest BCUT2D eigenvalue weighted by molar-refractivity contribution is 0.770. The highest BCUT2D eigenvalue weighted by Gasteiger charge is 2.46. The Morgan fingerprint density at radius 1 is 0.279 bits per heavy atom. The molecule has 1 aliphatic rings. The molecule has 284 valence electrons. The number of hydrogen-bond donors (Lipinski definition) is 0. The molecule has 0 radical (unpaired) electrons. The van der Waals surface area contributed by atoms with Crippen LogP contribution in [0.2, 0.25) is 0 Å². The minimum Gasteiger partial charge on any atom is -0.228 e. The first-order valence-corrected chi connectivity index (χ1v) is 21.0. The Hall–Kier alpha value is -7.94. The van der Waals surface area contributed by atoms with E-state index in [2.05, 4.69) is 224 Å². The molecule has 2 heteroatoms. The Kier molecular flexibility index (Phi) is 8.11. The summed E-state index contributed by atoms with van der Waals surface area (Å²) < 4.78 is 0. The maximum Gasteiger partial charge on any atom is 0.160 e. The van der Waals surface area contributed by atoms with Gasteiger partial charge in [0.05, 0.1) is 16.8 Å². The van der Waals surface area contributed by atoms with Crippen LogP contribution >= 0.6 is 0 Å². The molecule has 0 N–H and O–H groups in total. The van der Waals surface area contributed by atoms with E-state index < -0.39 is 5.41 Å². The summed E-state index contributed by atoms with van der Waals surface area (Å²) in [5.74, 6) is 0.707. The van der Waals surface area contributed by atoms with Gasteiger partial charge in [-0.25, -0.2) is 9.97 Å². The van der Waals surface area contributed by atoms with Crippen LogP contribution in [-0.2, 0) is 5.41 Å². The topological polar surface area (TPSA) is 25.8 Å². The molecule has 0 unspecified atom stereocenters. The van der Waals surface area contributed by atoms with Crippen molar-refractivity contribution in [3.63, 3.8) is 0 Å². The van der Waals surface area contributed by atoms with Crippen LogP contribution in [0.4, 0.5) is 0 Å². The summed E-state index contributed by atoms with van der Waals surface area (Å²) >= 11 is 0. The van der Waals surface area contributed by atoms with E-state index in [4.69, 9.17) is 9.97 Å². The van der Waals surface area contributed by atoms with Gasteiger partial charge in [0, 0.05) is 16.7 Å². The maximum absolute atomic E-state index is 5.30. The van der Waals surface area contributed by atoms with E-state index in [1.807, 2.05) is 6.07 Å². The molecule has 0 amide bonds. The molecular weight excluding hydrogens is 737 g/mol.